The molecule has 0 fully saturated rings. The van der Waals surface area contributed by atoms with Crippen molar-refractivity contribution in [2.45, 2.75) is 19.9 Å². The van der Waals surface area contributed by atoms with E-state index in [1.165, 1.54) is 16.2 Å². The fourth-order valence-electron chi connectivity index (χ4n) is 1.26. The van der Waals surface area contributed by atoms with E-state index in [1.807, 2.05) is 6.20 Å². The second-order valence-electron chi connectivity index (χ2n) is 3.11. The lowest BCUT2D eigenvalue weighted by Gasteiger charge is -2.18. The molecule has 4 nitrogen and oxygen atoms in total. The standard InChI is InChI=1S/C9H17N3OS/c1-2-12(4-3-5-13)7-8-6-11-9(10)14-8/h6,13H,2-5,7H2,1H3,(H2,10,11). The van der Waals surface area contributed by atoms with Crippen molar-refractivity contribution in [2.24, 2.45) is 0 Å². The quantitative estimate of drug-likeness (QED) is 0.741. The van der Waals surface area contributed by atoms with Crippen molar-refractivity contribution >= 4 is 16.5 Å². The molecule has 80 valence electrons. The monoisotopic (exact) mass is 215 g/mol. The SMILES string of the molecule is CCN(CCCO)Cc1cnc(N)s1. The number of nitrogens with zero attached hydrogens (tertiary/aromatic N) is 2. The number of aromatic nitrogens is 1. The highest BCUT2D eigenvalue weighted by molar-refractivity contribution is 7.15. The summed E-state index contributed by atoms with van der Waals surface area (Å²) in [5.41, 5.74) is 5.54. The minimum Gasteiger partial charge on any atom is -0.396 e. The van der Waals surface area contributed by atoms with E-state index in [9.17, 15) is 0 Å². The van der Waals surface area contributed by atoms with E-state index in [0.717, 1.165) is 26.1 Å². The fourth-order valence-corrected chi connectivity index (χ4v) is 1.99. The van der Waals surface area contributed by atoms with Crippen LogP contribution in [0.1, 0.15) is 18.2 Å². The van der Waals surface area contributed by atoms with E-state index in [0.29, 0.717) is 5.13 Å². The first-order valence-corrected chi connectivity index (χ1v) is 5.61. The molecule has 5 heteroatoms. The minimum atomic E-state index is 0.251. The van der Waals surface area contributed by atoms with E-state index >= 15 is 0 Å². The van der Waals surface area contributed by atoms with Gasteiger partial charge in [0, 0.05) is 30.8 Å². The van der Waals surface area contributed by atoms with Gasteiger partial charge in [-0.2, -0.15) is 0 Å². The molecule has 3 N–H and O–H groups in total. The summed E-state index contributed by atoms with van der Waals surface area (Å²) < 4.78 is 0. The number of nitrogens with two attached hydrogens (primary N) is 1. The highest BCUT2D eigenvalue weighted by Crippen LogP contribution is 2.16. The highest BCUT2D eigenvalue weighted by Gasteiger charge is 2.05. The van der Waals surface area contributed by atoms with Crippen molar-refractivity contribution in [3.8, 4) is 0 Å². The summed E-state index contributed by atoms with van der Waals surface area (Å²) in [5, 5.41) is 9.35. The maximum atomic E-state index is 8.72. The van der Waals surface area contributed by atoms with Crippen molar-refractivity contribution in [1.82, 2.24) is 9.88 Å². The number of aliphatic hydroxyl groups excluding tert-OH is 1. The van der Waals surface area contributed by atoms with Crippen LogP contribution in [0.4, 0.5) is 5.13 Å². The first kappa shape index (κ1) is 11.4. The molecule has 0 unspecified atom stereocenters. The van der Waals surface area contributed by atoms with E-state index < -0.39 is 0 Å². The smallest absolute Gasteiger partial charge is 0.180 e. The Hall–Kier alpha value is -0.650. The number of aliphatic hydroxyl groups is 1. The van der Waals surface area contributed by atoms with Crippen LogP contribution >= 0.6 is 11.3 Å². The second kappa shape index (κ2) is 5.95. The van der Waals surface area contributed by atoms with Crippen LogP contribution in [-0.4, -0.2) is 34.7 Å². The van der Waals surface area contributed by atoms with Crippen LogP contribution in [0.25, 0.3) is 0 Å². The zero-order valence-electron chi connectivity index (χ0n) is 8.44. The molecule has 0 amide bonds. The molecule has 1 aromatic heterocycles. The van der Waals surface area contributed by atoms with E-state index in [-0.39, 0.29) is 6.61 Å². The van der Waals surface area contributed by atoms with Gasteiger partial charge in [-0.05, 0) is 13.0 Å². The van der Waals surface area contributed by atoms with Gasteiger partial charge in [0.2, 0.25) is 0 Å². The molecule has 0 bridgehead atoms. The van der Waals surface area contributed by atoms with Crippen LogP contribution in [0, 0.1) is 0 Å². The average Bonchev–Trinajstić information content (AvgIpc) is 2.58. The Kier molecular flexibility index (Phi) is 4.86. The maximum absolute atomic E-state index is 8.72. The zero-order chi connectivity index (χ0) is 10.4. The molecule has 1 aromatic rings. The van der Waals surface area contributed by atoms with E-state index in [1.54, 1.807) is 0 Å². The predicted octanol–water partition coefficient (Wildman–Crippen LogP) is 0.930. The summed E-state index contributed by atoms with van der Waals surface area (Å²) in [5.74, 6) is 0. The Labute approximate surface area is 88.4 Å². The van der Waals surface area contributed by atoms with Gasteiger partial charge in [-0.15, -0.1) is 11.3 Å². The Balaban J connectivity index is 2.40. The van der Waals surface area contributed by atoms with Gasteiger partial charge in [0.15, 0.2) is 5.13 Å². The number of hydrogen-bond donors (Lipinski definition) is 2. The predicted molar refractivity (Wildman–Crippen MR) is 59.2 cm³/mol. The van der Waals surface area contributed by atoms with E-state index in [4.69, 9.17) is 10.8 Å². The Bertz CT molecular complexity index is 264. The topological polar surface area (TPSA) is 62.4 Å². The van der Waals surface area contributed by atoms with Gasteiger partial charge in [-0.1, -0.05) is 6.92 Å². The van der Waals surface area contributed by atoms with Gasteiger partial charge in [0.1, 0.15) is 0 Å². The number of anilines is 1. The van der Waals surface area contributed by atoms with Crippen molar-refractivity contribution in [3.05, 3.63) is 11.1 Å². The summed E-state index contributed by atoms with van der Waals surface area (Å²) in [4.78, 5) is 7.45. The number of rotatable bonds is 6. The molecule has 0 saturated carbocycles. The van der Waals surface area contributed by atoms with Crippen molar-refractivity contribution in [1.29, 1.82) is 0 Å². The van der Waals surface area contributed by atoms with Crippen LogP contribution in [-0.2, 0) is 6.54 Å². The molecule has 1 rings (SSSR count). The molecule has 1 heterocycles. The summed E-state index contributed by atoms with van der Waals surface area (Å²) in [6, 6.07) is 0. The van der Waals surface area contributed by atoms with Gasteiger partial charge in [-0.3, -0.25) is 4.90 Å². The lowest BCUT2D eigenvalue weighted by molar-refractivity contribution is 0.226. The normalized spacial score (nSPS) is 11.1. The van der Waals surface area contributed by atoms with Crippen LogP contribution < -0.4 is 5.73 Å². The first-order chi connectivity index (χ1) is 6.76. The molecule has 0 radical (unpaired) electrons. The molecular formula is C9H17N3OS. The summed E-state index contributed by atoms with van der Waals surface area (Å²) >= 11 is 1.53. The Morgan fingerprint density at radius 1 is 1.64 bits per heavy atom. The fraction of sp³-hybridized carbons (Fsp3) is 0.667. The first-order valence-electron chi connectivity index (χ1n) is 4.79. The maximum Gasteiger partial charge on any atom is 0.180 e. The largest absolute Gasteiger partial charge is 0.396 e. The average molecular weight is 215 g/mol. The molecule has 0 aliphatic rings. The Morgan fingerprint density at radius 2 is 2.43 bits per heavy atom. The van der Waals surface area contributed by atoms with Crippen molar-refractivity contribution < 1.29 is 5.11 Å². The summed E-state index contributed by atoms with van der Waals surface area (Å²) in [7, 11) is 0. The number of nitrogen functional groups attached to an aromatic ring is 1. The Morgan fingerprint density at radius 3 is 2.93 bits per heavy atom. The highest BCUT2D eigenvalue weighted by atomic mass is 32.1. The molecular weight excluding hydrogens is 198 g/mol. The third kappa shape index (κ3) is 3.61. The third-order valence-electron chi connectivity index (χ3n) is 2.03. The minimum absolute atomic E-state index is 0.251. The third-order valence-corrected chi connectivity index (χ3v) is 2.84. The lowest BCUT2D eigenvalue weighted by atomic mass is 10.3. The summed E-state index contributed by atoms with van der Waals surface area (Å²) in [6.07, 6.45) is 2.64. The number of hydrogen-bond acceptors (Lipinski definition) is 5. The van der Waals surface area contributed by atoms with Crippen LogP contribution in [0.15, 0.2) is 6.20 Å². The van der Waals surface area contributed by atoms with Crippen LogP contribution in [0.3, 0.4) is 0 Å². The van der Waals surface area contributed by atoms with Crippen LogP contribution in [0.2, 0.25) is 0 Å². The van der Waals surface area contributed by atoms with E-state index in [2.05, 4.69) is 16.8 Å². The van der Waals surface area contributed by atoms with Crippen molar-refractivity contribution in [2.75, 3.05) is 25.4 Å². The molecule has 0 aliphatic heterocycles. The van der Waals surface area contributed by atoms with Gasteiger partial charge in [-0.25, -0.2) is 4.98 Å². The zero-order valence-corrected chi connectivity index (χ0v) is 9.26. The molecule has 0 atom stereocenters. The van der Waals surface area contributed by atoms with Gasteiger partial charge >= 0.3 is 0 Å². The second-order valence-corrected chi connectivity index (χ2v) is 4.26. The van der Waals surface area contributed by atoms with Crippen LogP contribution in [0.5, 0.6) is 0 Å². The van der Waals surface area contributed by atoms with Gasteiger partial charge < -0.3 is 10.8 Å². The molecule has 0 aliphatic carbocycles. The number of thiazole rings is 1. The van der Waals surface area contributed by atoms with Crippen molar-refractivity contribution in [3.63, 3.8) is 0 Å². The molecule has 0 saturated heterocycles. The molecule has 0 spiro atoms. The van der Waals surface area contributed by atoms with Gasteiger partial charge in [0.25, 0.3) is 0 Å². The molecule has 14 heavy (non-hydrogen) atoms. The summed E-state index contributed by atoms with van der Waals surface area (Å²) in [6.45, 7) is 5.15. The molecule has 0 aromatic carbocycles. The lowest BCUT2D eigenvalue weighted by Crippen LogP contribution is -2.24. The van der Waals surface area contributed by atoms with Gasteiger partial charge in [0.05, 0.1) is 0 Å².